The Balaban J connectivity index is -0.000000163. The van der Waals surface area contributed by atoms with E-state index in [9.17, 15) is 4.79 Å². The lowest BCUT2D eigenvalue weighted by Crippen LogP contribution is -3.11. The van der Waals surface area contributed by atoms with E-state index in [-0.39, 0.29) is 18.4 Å². The number of ether oxygens (including phenoxy) is 1. The molecule has 3 nitrogen and oxygen atoms in total. The molecule has 14 heavy (non-hydrogen) atoms. The molecule has 0 aliphatic carbocycles. The molecule has 0 bridgehead atoms. The fourth-order valence-electron chi connectivity index (χ4n) is 0.953. The monoisotopic (exact) mass is 225 g/mol. The van der Waals surface area contributed by atoms with Gasteiger partial charge in [-0.15, -0.1) is 0 Å². The number of hydrogen-bond donors (Lipinski definition) is 1. The first-order valence-corrected chi connectivity index (χ1v) is 5.09. The summed E-state index contributed by atoms with van der Waals surface area (Å²) in [6, 6.07) is 0. The molecule has 0 aromatic rings. The second kappa shape index (κ2) is 15.2. The van der Waals surface area contributed by atoms with Crippen LogP contribution in [0.4, 0.5) is 0 Å². The smallest absolute Gasteiger partial charge is 0.302 e. The molecule has 0 atom stereocenters. The maximum atomic E-state index is 9.82. The summed E-state index contributed by atoms with van der Waals surface area (Å²) in [5.74, 6) is -0.211. The van der Waals surface area contributed by atoms with Gasteiger partial charge in [0, 0.05) is 6.92 Å². The number of carbonyl (C=O) groups is 1. The van der Waals surface area contributed by atoms with Gasteiger partial charge in [-0.1, -0.05) is 0 Å². The SMILES string of the molecule is CCOC(C)=O.CC[NH+](CC)CC.[Cl-]. The molecular formula is C10H24ClNO2. The molecule has 0 aliphatic rings. The highest BCUT2D eigenvalue weighted by Gasteiger charge is 1.92. The first kappa shape index (κ1) is 19.3. The quantitative estimate of drug-likeness (QED) is 0.537. The summed E-state index contributed by atoms with van der Waals surface area (Å²) in [6.45, 7) is 14.1. The molecule has 0 fully saturated rings. The number of rotatable bonds is 4. The van der Waals surface area contributed by atoms with Crippen molar-refractivity contribution in [3.05, 3.63) is 0 Å². The van der Waals surface area contributed by atoms with Crippen LogP contribution in [0.1, 0.15) is 34.6 Å². The Morgan fingerprint density at radius 3 is 1.43 bits per heavy atom. The van der Waals surface area contributed by atoms with Crippen molar-refractivity contribution in [1.29, 1.82) is 0 Å². The Morgan fingerprint density at radius 1 is 1.07 bits per heavy atom. The molecule has 88 valence electrons. The van der Waals surface area contributed by atoms with E-state index in [1.807, 2.05) is 0 Å². The van der Waals surface area contributed by atoms with Gasteiger partial charge in [-0.3, -0.25) is 4.79 Å². The van der Waals surface area contributed by atoms with Crippen LogP contribution in [0.2, 0.25) is 0 Å². The van der Waals surface area contributed by atoms with E-state index in [2.05, 4.69) is 25.5 Å². The van der Waals surface area contributed by atoms with Gasteiger partial charge in [0.05, 0.1) is 26.2 Å². The summed E-state index contributed by atoms with van der Waals surface area (Å²) >= 11 is 0. The third-order valence-corrected chi connectivity index (χ3v) is 1.85. The van der Waals surface area contributed by atoms with E-state index in [0.717, 1.165) is 0 Å². The lowest BCUT2D eigenvalue weighted by Gasteiger charge is -2.10. The van der Waals surface area contributed by atoms with Crippen LogP contribution in [-0.2, 0) is 9.53 Å². The maximum Gasteiger partial charge on any atom is 0.302 e. The Labute approximate surface area is 94.2 Å². The molecule has 0 saturated heterocycles. The number of nitrogens with one attached hydrogen (secondary N) is 1. The number of hydrogen-bond acceptors (Lipinski definition) is 2. The molecule has 0 aliphatic heterocycles. The van der Waals surface area contributed by atoms with Crippen molar-refractivity contribution < 1.29 is 26.8 Å². The molecule has 0 radical (unpaired) electrons. The Kier molecular flexibility index (Phi) is 21.0. The number of esters is 1. The van der Waals surface area contributed by atoms with Crippen LogP contribution >= 0.6 is 0 Å². The Bertz CT molecular complexity index is 111. The van der Waals surface area contributed by atoms with E-state index in [1.54, 1.807) is 11.8 Å². The molecule has 0 spiro atoms. The normalized spacial score (nSPS) is 8.43. The molecule has 0 aromatic heterocycles. The van der Waals surface area contributed by atoms with Crippen molar-refractivity contribution in [2.45, 2.75) is 34.6 Å². The van der Waals surface area contributed by atoms with Crippen molar-refractivity contribution in [3.8, 4) is 0 Å². The average Bonchev–Trinajstić information content (AvgIpc) is 2.08. The minimum Gasteiger partial charge on any atom is -1.00 e. The number of halogens is 1. The van der Waals surface area contributed by atoms with Crippen molar-refractivity contribution in [2.24, 2.45) is 0 Å². The van der Waals surface area contributed by atoms with Gasteiger partial charge in [0.2, 0.25) is 0 Å². The summed E-state index contributed by atoms with van der Waals surface area (Å²) in [5.41, 5.74) is 0. The molecule has 0 heterocycles. The predicted octanol–water partition coefficient (Wildman–Crippen LogP) is -2.50. The van der Waals surface area contributed by atoms with Crippen molar-refractivity contribution in [1.82, 2.24) is 0 Å². The number of quaternary nitrogens is 1. The molecular weight excluding hydrogens is 202 g/mol. The van der Waals surface area contributed by atoms with Gasteiger partial charge in [0.15, 0.2) is 0 Å². The summed E-state index contributed by atoms with van der Waals surface area (Å²) in [7, 11) is 0. The zero-order chi connectivity index (χ0) is 10.7. The summed E-state index contributed by atoms with van der Waals surface area (Å²) < 4.78 is 4.40. The standard InChI is InChI=1S/C6H15N.C4H8O2.ClH/c1-4-7(5-2)6-3;1-3-6-4(2)5;/h4-6H2,1-3H3;3H2,1-2H3;1H. The van der Waals surface area contributed by atoms with E-state index in [1.165, 1.54) is 26.6 Å². The lowest BCUT2D eigenvalue weighted by atomic mass is 10.5. The minimum atomic E-state index is -0.211. The zero-order valence-corrected chi connectivity index (χ0v) is 10.8. The second-order valence-electron chi connectivity index (χ2n) is 2.74. The summed E-state index contributed by atoms with van der Waals surface area (Å²) in [6.07, 6.45) is 0. The first-order valence-electron chi connectivity index (χ1n) is 5.09. The van der Waals surface area contributed by atoms with E-state index in [0.29, 0.717) is 6.61 Å². The molecule has 4 heteroatoms. The highest BCUT2D eigenvalue weighted by Crippen LogP contribution is 1.69. The van der Waals surface area contributed by atoms with Gasteiger partial charge >= 0.3 is 5.97 Å². The van der Waals surface area contributed by atoms with Crippen LogP contribution in [0.3, 0.4) is 0 Å². The Hall–Kier alpha value is -0.280. The van der Waals surface area contributed by atoms with Crippen LogP contribution in [0.25, 0.3) is 0 Å². The summed E-state index contributed by atoms with van der Waals surface area (Å²) in [5, 5.41) is 0. The van der Waals surface area contributed by atoms with Gasteiger partial charge in [0.25, 0.3) is 0 Å². The minimum absolute atomic E-state index is 0. The van der Waals surface area contributed by atoms with E-state index >= 15 is 0 Å². The maximum absolute atomic E-state index is 9.82. The van der Waals surface area contributed by atoms with E-state index < -0.39 is 0 Å². The predicted molar refractivity (Wildman–Crippen MR) is 54.9 cm³/mol. The van der Waals surface area contributed by atoms with Crippen LogP contribution < -0.4 is 17.3 Å². The number of carbonyl (C=O) groups excluding carboxylic acids is 1. The molecule has 1 N–H and O–H groups in total. The molecule has 0 amide bonds. The summed E-state index contributed by atoms with van der Waals surface area (Å²) in [4.78, 5) is 11.5. The fraction of sp³-hybridized carbons (Fsp3) is 0.900. The first-order chi connectivity index (χ1) is 6.12. The highest BCUT2D eigenvalue weighted by atomic mass is 35.5. The average molecular weight is 226 g/mol. The second-order valence-corrected chi connectivity index (χ2v) is 2.74. The van der Waals surface area contributed by atoms with E-state index in [4.69, 9.17) is 0 Å². The van der Waals surface area contributed by atoms with Gasteiger partial charge in [0.1, 0.15) is 0 Å². The van der Waals surface area contributed by atoms with Gasteiger partial charge in [-0.25, -0.2) is 0 Å². The Morgan fingerprint density at radius 2 is 1.43 bits per heavy atom. The lowest BCUT2D eigenvalue weighted by molar-refractivity contribution is -0.894. The highest BCUT2D eigenvalue weighted by molar-refractivity contribution is 5.65. The molecule has 0 unspecified atom stereocenters. The van der Waals surface area contributed by atoms with Crippen molar-refractivity contribution in [3.63, 3.8) is 0 Å². The van der Waals surface area contributed by atoms with Crippen LogP contribution in [0.5, 0.6) is 0 Å². The molecule has 0 saturated carbocycles. The third kappa shape index (κ3) is 17.7. The fourth-order valence-corrected chi connectivity index (χ4v) is 0.953. The van der Waals surface area contributed by atoms with Gasteiger partial charge in [-0.2, -0.15) is 0 Å². The largest absolute Gasteiger partial charge is 1.00 e. The van der Waals surface area contributed by atoms with Gasteiger partial charge in [-0.05, 0) is 27.7 Å². The zero-order valence-electron chi connectivity index (χ0n) is 10.0. The topological polar surface area (TPSA) is 30.7 Å². The van der Waals surface area contributed by atoms with Crippen molar-refractivity contribution >= 4 is 5.97 Å². The van der Waals surface area contributed by atoms with Crippen LogP contribution in [0, 0.1) is 0 Å². The van der Waals surface area contributed by atoms with Gasteiger partial charge < -0.3 is 22.0 Å². The van der Waals surface area contributed by atoms with Crippen LogP contribution in [0.15, 0.2) is 0 Å². The van der Waals surface area contributed by atoms with Crippen LogP contribution in [-0.4, -0.2) is 32.2 Å². The molecule has 0 rings (SSSR count). The molecule has 0 aromatic carbocycles. The third-order valence-electron chi connectivity index (χ3n) is 1.85. The van der Waals surface area contributed by atoms with Crippen molar-refractivity contribution in [2.75, 3.05) is 26.2 Å².